The lowest BCUT2D eigenvalue weighted by Crippen LogP contribution is -2.48. The SMILES string of the molecule is O=C(O)Cn1ncc2c1C=CCC2N(NS(=O)(=O)c1ccccc1)S(=O)(=O)c1ccccc1. The average Bonchev–Trinajstić information content (AvgIpc) is 3.21. The van der Waals surface area contributed by atoms with E-state index in [1.165, 1.54) is 59.4 Å². The van der Waals surface area contributed by atoms with Crippen molar-refractivity contribution in [3.63, 3.8) is 0 Å². The van der Waals surface area contributed by atoms with Crippen LogP contribution in [0.2, 0.25) is 0 Å². The van der Waals surface area contributed by atoms with Gasteiger partial charge in [0.1, 0.15) is 6.54 Å². The molecule has 0 saturated carbocycles. The first-order valence-corrected chi connectivity index (χ1v) is 12.7. The lowest BCUT2D eigenvalue weighted by molar-refractivity contribution is -0.137. The number of rotatable bonds is 8. The number of nitrogens with one attached hydrogen (secondary N) is 1. The molecule has 1 aliphatic carbocycles. The van der Waals surface area contributed by atoms with Crippen LogP contribution in [0.3, 0.4) is 0 Å². The second-order valence-corrected chi connectivity index (χ2v) is 10.7. The molecule has 1 heterocycles. The van der Waals surface area contributed by atoms with Gasteiger partial charge in [-0.15, -0.1) is 9.25 Å². The zero-order chi connectivity index (χ0) is 23.6. The molecule has 0 aliphatic heterocycles. The minimum absolute atomic E-state index is 0.102. The number of hydrazine groups is 1. The molecule has 0 saturated heterocycles. The highest BCUT2D eigenvalue weighted by Gasteiger charge is 2.38. The minimum atomic E-state index is -4.34. The van der Waals surface area contributed by atoms with Crippen LogP contribution >= 0.6 is 0 Å². The molecule has 10 nitrogen and oxygen atoms in total. The molecule has 1 unspecified atom stereocenters. The molecular weight excluding hydrogens is 468 g/mol. The van der Waals surface area contributed by atoms with E-state index in [9.17, 15) is 21.6 Å². The average molecular weight is 489 g/mol. The molecule has 0 spiro atoms. The number of carboxylic acids is 1. The number of hydrogen-bond donors (Lipinski definition) is 2. The third-order valence-corrected chi connectivity index (χ3v) is 8.21. The van der Waals surface area contributed by atoms with Gasteiger partial charge in [0.2, 0.25) is 0 Å². The molecule has 1 aromatic heterocycles. The molecule has 0 radical (unpaired) electrons. The van der Waals surface area contributed by atoms with Gasteiger partial charge in [-0.05, 0) is 36.8 Å². The molecule has 4 rings (SSSR count). The first-order chi connectivity index (χ1) is 15.7. The Labute approximate surface area is 190 Å². The van der Waals surface area contributed by atoms with E-state index in [4.69, 9.17) is 5.11 Å². The van der Waals surface area contributed by atoms with Gasteiger partial charge in [0.15, 0.2) is 0 Å². The molecule has 12 heteroatoms. The van der Waals surface area contributed by atoms with Crippen LogP contribution < -0.4 is 4.83 Å². The van der Waals surface area contributed by atoms with Crippen molar-refractivity contribution in [2.45, 2.75) is 28.8 Å². The Morgan fingerprint density at radius 2 is 1.64 bits per heavy atom. The normalized spacial score (nSPS) is 16.0. The Morgan fingerprint density at radius 1 is 1.03 bits per heavy atom. The summed E-state index contributed by atoms with van der Waals surface area (Å²) in [6.45, 7) is -0.423. The number of fused-ring (bicyclic) bond motifs is 1. The van der Waals surface area contributed by atoms with Crippen LogP contribution in [-0.4, -0.2) is 42.1 Å². The number of hydrogen-bond acceptors (Lipinski definition) is 6. The summed E-state index contributed by atoms with van der Waals surface area (Å²) in [5.41, 5.74) is 0.773. The number of carboxylic acid groups (broad SMARTS) is 1. The summed E-state index contributed by atoms with van der Waals surface area (Å²) < 4.78 is 55.3. The Kier molecular flexibility index (Phi) is 6.17. The Morgan fingerprint density at radius 3 is 2.24 bits per heavy atom. The maximum atomic E-state index is 13.6. The van der Waals surface area contributed by atoms with Crippen molar-refractivity contribution in [1.82, 2.24) is 19.0 Å². The highest BCUT2D eigenvalue weighted by molar-refractivity contribution is 7.92. The lowest BCUT2D eigenvalue weighted by Gasteiger charge is -2.31. The third kappa shape index (κ3) is 4.59. The zero-order valence-corrected chi connectivity index (χ0v) is 18.8. The first-order valence-electron chi connectivity index (χ1n) is 9.81. The molecule has 172 valence electrons. The lowest BCUT2D eigenvalue weighted by atomic mass is 9.99. The van der Waals surface area contributed by atoms with E-state index in [1.54, 1.807) is 24.3 Å². The summed E-state index contributed by atoms with van der Waals surface area (Å²) in [6, 6.07) is 13.9. The van der Waals surface area contributed by atoms with Crippen LogP contribution in [0.25, 0.3) is 6.08 Å². The Balaban J connectivity index is 1.82. The largest absolute Gasteiger partial charge is 0.480 e. The monoisotopic (exact) mass is 488 g/mol. The van der Waals surface area contributed by atoms with E-state index in [0.29, 0.717) is 15.7 Å². The molecule has 0 amide bonds. The van der Waals surface area contributed by atoms with Crippen molar-refractivity contribution in [1.29, 1.82) is 0 Å². The van der Waals surface area contributed by atoms with Crippen molar-refractivity contribution in [2.24, 2.45) is 0 Å². The van der Waals surface area contributed by atoms with Crippen molar-refractivity contribution < 1.29 is 26.7 Å². The molecular formula is C21H20N4O6S2. The van der Waals surface area contributed by atoms with Gasteiger partial charge in [0.25, 0.3) is 20.0 Å². The van der Waals surface area contributed by atoms with Gasteiger partial charge in [-0.1, -0.05) is 42.5 Å². The fourth-order valence-electron chi connectivity index (χ4n) is 3.52. The highest BCUT2D eigenvalue weighted by Crippen LogP contribution is 2.35. The van der Waals surface area contributed by atoms with Crippen LogP contribution in [-0.2, 0) is 31.4 Å². The van der Waals surface area contributed by atoms with E-state index in [0.717, 1.165) is 0 Å². The van der Waals surface area contributed by atoms with Crippen LogP contribution in [0.1, 0.15) is 23.7 Å². The van der Waals surface area contributed by atoms with E-state index >= 15 is 0 Å². The van der Waals surface area contributed by atoms with Gasteiger partial charge in [0, 0.05) is 5.56 Å². The van der Waals surface area contributed by atoms with Gasteiger partial charge in [-0.3, -0.25) is 9.48 Å². The number of sulfonamides is 2. The predicted octanol–water partition coefficient (Wildman–Crippen LogP) is 2.01. The van der Waals surface area contributed by atoms with Gasteiger partial charge < -0.3 is 5.11 Å². The first kappa shape index (κ1) is 22.9. The number of aliphatic carboxylic acids is 1. The number of nitrogens with zero attached hydrogens (tertiary/aromatic N) is 3. The van der Waals surface area contributed by atoms with Crippen molar-refractivity contribution in [3.05, 3.63) is 84.2 Å². The maximum Gasteiger partial charge on any atom is 0.325 e. The van der Waals surface area contributed by atoms with Crippen LogP contribution in [0.15, 0.2) is 82.7 Å². The summed E-state index contributed by atoms with van der Waals surface area (Å²) in [7, 11) is -8.61. The fourth-order valence-corrected chi connectivity index (χ4v) is 6.45. The van der Waals surface area contributed by atoms with Gasteiger partial charge in [0.05, 0.1) is 27.7 Å². The quantitative estimate of drug-likeness (QED) is 0.463. The van der Waals surface area contributed by atoms with Gasteiger partial charge in [-0.25, -0.2) is 16.8 Å². The van der Waals surface area contributed by atoms with Gasteiger partial charge in [-0.2, -0.15) is 5.10 Å². The summed E-state index contributed by atoms with van der Waals surface area (Å²) >= 11 is 0. The van der Waals surface area contributed by atoms with Gasteiger partial charge >= 0.3 is 5.97 Å². The molecule has 33 heavy (non-hydrogen) atoms. The summed E-state index contributed by atoms with van der Waals surface area (Å²) in [5, 5.41) is 13.2. The van der Waals surface area contributed by atoms with Crippen LogP contribution in [0.5, 0.6) is 0 Å². The predicted molar refractivity (Wildman–Crippen MR) is 118 cm³/mol. The third-order valence-electron chi connectivity index (χ3n) is 5.04. The van der Waals surface area contributed by atoms with Crippen LogP contribution in [0.4, 0.5) is 0 Å². The van der Waals surface area contributed by atoms with Crippen molar-refractivity contribution >= 4 is 32.1 Å². The smallest absolute Gasteiger partial charge is 0.325 e. The Bertz CT molecular complexity index is 1400. The second-order valence-electron chi connectivity index (χ2n) is 7.21. The highest BCUT2D eigenvalue weighted by atomic mass is 32.2. The fraction of sp³-hybridized carbons (Fsp3) is 0.143. The molecule has 2 aromatic carbocycles. The summed E-state index contributed by atoms with van der Waals surface area (Å²) in [4.78, 5) is 13.2. The molecule has 2 N–H and O–H groups in total. The van der Waals surface area contributed by atoms with E-state index in [1.807, 2.05) is 0 Å². The van der Waals surface area contributed by atoms with E-state index in [-0.39, 0.29) is 16.2 Å². The molecule has 0 fully saturated rings. The molecule has 0 bridgehead atoms. The summed E-state index contributed by atoms with van der Waals surface area (Å²) in [6.07, 6.45) is 4.80. The van der Waals surface area contributed by atoms with Crippen LogP contribution in [0, 0.1) is 0 Å². The van der Waals surface area contributed by atoms with E-state index in [2.05, 4.69) is 9.93 Å². The number of carbonyl (C=O) groups is 1. The summed E-state index contributed by atoms with van der Waals surface area (Å²) in [5.74, 6) is -1.12. The molecule has 3 aromatic rings. The zero-order valence-electron chi connectivity index (χ0n) is 17.1. The Hall–Kier alpha value is -3.32. The standard InChI is InChI=1S/C21H20N4O6S2/c26-21(27)15-24-19-12-7-13-20(18(19)14-22-24)25(33(30,31)17-10-5-2-6-11-17)23-32(28,29)16-8-3-1-4-9-16/h1-12,14,20,23H,13,15H2,(H,26,27). The number of aromatic nitrogens is 2. The van der Waals surface area contributed by atoms with Crippen molar-refractivity contribution in [3.8, 4) is 0 Å². The topological polar surface area (TPSA) is 139 Å². The van der Waals surface area contributed by atoms with Crippen molar-refractivity contribution in [2.75, 3.05) is 0 Å². The minimum Gasteiger partial charge on any atom is -0.480 e. The number of benzene rings is 2. The molecule has 1 aliphatic rings. The van der Waals surface area contributed by atoms with E-state index < -0.39 is 38.6 Å². The molecule has 1 atom stereocenters. The second kappa shape index (κ2) is 8.90. The maximum absolute atomic E-state index is 13.6.